The molecule has 3 heteroatoms. The van der Waals surface area contributed by atoms with Gasteiger partial charge in [0.15, 0.2) is 0 Å². The highest BCUT2D eigenvalue weighted by molar-refractivity contribution is 5.73. The van der Waals surface area contributed by atoms with Gasteiger partial charge in [0.1, 0.15) is 5.82 Å². The molecule has 0 saturated carbocycles. The summed E-state index contributed by atoms with van der Waals surface area (Å²) in [6, 6.07) is 11.7. The van der Waals surface area contributed by atoms with Crippen molar-refractivity contribution in [1.82, 2.24) is 0 Å². The topological polar surface area (TPSA) is 29.3 Å². The van der Waals surface area contributed by atoms with Crippen LogP contribution < -0.4 is 10.6 Å². The normalized spacial score (nSPS) is 15.3. The van der Waals surface area contributed by atoms with Crippen LogP contribution >= 0.6 is 0 Å². The molecule has 0 spiro atoms. The molecule has 1 atom stereocenters. The molecule has 0 bridgehead atoms. The standard InChI is InChI=1S/C17H19FN2/c1-11-9-17(14(12(2)19)10-15(11)18)20-8-7-13-5-3-4-6-16(13)20/h3-6,9-10,12H,7-8,19H2,1-2H3/t12-/m1/s1. The number of rotatable bonds is 2. The van der Waals surface area contributed by atoms with E-state index in [-0.39, 0.29) is 11.9 Å². The quantitative estimate of drug-likeness (QED) is 0.898. The van der Waals surface area contributed by atoms with E-state index in [4.69, 9.17) is 5.73 Å². The predicted octanol–water partition coefficient (Wildman–Crippen LogP) is 3.85. The first kappa shape index (κ1) is 13.1. The van der Waals surface area contributed by atoms with Gasteiger partial charge in [0, 0.05) is 24.0 Å². The third-order valence-electron chi connectivity index (χ3n) is 3.98. The van der Waals surface area contributed by atoms with Gasteiger partial charge >= 0.3 is 0 Å². The Morgan fingerprint density at radius 2 is 1.95 bits per heavy atom. The molecule has 104 valence electrons. The lowest BCUT2D eigenvalue weighted by Gasteiger charge is -2.25. The van der Waals surface area contributed by atoms with E-state index in [2.05, 4.69) is 23.1 Å². The van der Waals surface area contributed by atoms with Crippen molar-refractivity contribution in [3.8, 4) is 0 Å². The molecule has 1 aliphatic rings. The molecule has 0 aliphatic carbocycles. The van der Waals surface area contributed by atoms with Crippen LogP contribution in [0.4, 0.5) is 15.8 Å². The Labute approximate surface area is 119 Å². The van der Waals surface area contributed by atoms with Crippen molar-refractivity contribution in [2.45, 2.75) is 26.3 Å². The second kappa shape index (κ2) is 4.91. The summed E-state index contributed by atoms with van der Waals surface area (Å²) >= 11 is 0. The van der Waals surface area contributed by atoms with E-state index in [1.807, 2.05) is 19.1 Å². The second-order valence-corrected chi connectivity index (χ2v) is 5.48. The maximum absolute atomic E-state index is 13.8. The number of halogens is 1. The average molecular weight is 270 g/mol. The summed E-state index contributed by atoms with van der Waals surface area (Å²) in [6.07, 6.45) is 1.02. The van der Waals surface area contributed by atoms with Gasteiger partial charge in [0.2, 0.25) is 0 Å². The van der Waals surface area contributed by atoms with Crippen molar-refractivity contribution in [3.05, 3.63) is 58.9 Å². The van der Waals surface area contributed by atoms with Crippen molar-refractivity contribution < 1.29 is 4.39 Å². The van der Waals surface area contributed by atoms with E-state index >= 15 is 0 Å². The highest BCUT2D eigenvalue weighted by atomic mass is 19.1. The van der Waals surface area contributed by atoms with Crippen LogP contribution in [-0.2, 0) is 6.42 Å². The van der Waals surface area contributed by atoms with Gasteiger partial charge in [-0.25, -0.2) is 4.39 Å². The Kier molecular flexibility index (Phi) is 3.22. The number of aryl methyl sites for hydroxylation is 1. The van der Waals surface area contributed by atoms with Gasteiger partial charge in [-0.1, -0.05) is 18.2 Å². The van der Waals surface area contributed by atoms with Crippen molar-refractivity contribution in [3.63, 3.8) is 0 Å². The van der Waals surface area contributed by atoms with Gasteiger partial charge < -0.3 is 10.6 Å². The Morgan fingerprint density at radius 3 is 2.70 bits per heavy atom. The third kappa shape index (κ3) is 2.08. The van der Waals surface area contributed by atoms with Gasteiger partial charge in [0.25, 0.3) is 0 Å². The zero-order chi connectivity index (χ0) is 14.3. The fourth-order valence-corrected chi connectivity index (χ4v) is 2.87. The number of benzene rings is 2. The number of nitrogens with zero attached hydrogens (tertiary/aromatic N) is 1. The first-order valence-electron chi connectivity index (χ1n) is 6.99. The smallest absolute Gasteiger partial charge is 0.126 e. The van der Waals surface area contributed by atoms with E-state index < -0.39 is 0 Å². The van der Waals surface area contributed by atoms with Crippen LogP contribution in [-0.4, -0.2) is 6.54 Å². The van der Waals surface area contributed by atoms with E-state index in [9.17, 15) is 4.39 Å². The van der Waals surface area contributed by atoms with E-state index in [0.717, 1.165) is 24.2 Å². The SMILES string of the molecule is Cc1cc(N2CCc3ccccc32)c([C@@H](C)N)cc1F. The number of nitrogens with two attached hydrogens (primary N) is 1. The van der Waals surface area contributed by atoms with Gasteiger partial charge in [-0.05, 0) is 55.2 Å². The minimum absolute atomic E-state index is 0.187. The van der Waals surface area contributed by atoms with Crippen molar-refractivity contribution in [2.24, 2.45) is 5.73 Å². The van der Waals surface area contributed by atoms with Gasteiger partial charge in [0.05, 0.1) is 0 Å². The molecule has 0 unspecified atom stereocenters. The predicted molar refractivity (Wildman–Crippen MR) is 80.9 cm³/mol. The Morgan fingerprint density at radius 1 is 1.20 bits per heavy atom. The molecular formula is C17H19FN2. The zero-order valence-electron chi connectivity index (χ0n) is 11.9. The van der Waals surface area contributed by atoms with E-state index in [1.165, 1.54) is 11.3 Å². The van der Waals surface area contributed by atoms with Crippen LogP contribution in [0, 0.1) is 12.7 Å². The summed E-state index contributed by atoms with van der Waals surface area (Å²) in [5.41, 5.74) is 11.1. The van der Waals surface area contributed by atoms with Crippen LogP contribution in [0.25, 0.3) is 0 Å². The number of hydrogen-bond acceptors (Lipinski definition) is 2. The van der Waals surface area contributed by atoms with Crippen LogP contribution in [0.1, 0.15) is 29.7 Å². The minimum atomic E-state index is -0.187. The van der Waals surface area contributed by atoms with Crippen LogP contribution in [0.2, 0.25) is 0 Å². The van der Waals surface area contributed by atoms with Crippen LogP contribution in [0.3, 0.4) is 0 Å². The lowest BCUT2D eigenvalue weighted by atomic mass is 10.0. The first-order chi connectivity index (χ1) is 9.58. The lowest BCUT2D eigenvalue weighted by Crippen LogP contribution is -2.18. The Bertz CT molecular complexity index is 649. The summed E-state index contributed by atoms with van der Waals surface area (Å²) in [4.78, 5) is 2.25. The van der Waals surface area contributed by atoms with Crippen molar-refractivity contribution >= 4 is 11.4 Å². The van der Waals surface area contributed by atoms with Crippen molar-refractivity contribution in [2.75, 3.05) is 11.4 Å². The van der Waals surface area contributed by atoms with Crippen molar-refractivity contribution in [1.29, 1.82) is 0 Å². The van der Waals surface area contributed by atoms with Crippen LogP contribution in [0.15, 0.2) is 36.4 Å². The van der Waals surface area contributed by atoms with Gasteiger partial charge in [-0.15, -0.1) is 0 Å². The summed E-state index contributed by atoms with van der Waals surface area (Å²) in [7, 11) is 0. The molecule has 2 N–H and O–H groups in total. The molecule has 0 aromatic heterocycles. The molecule has 3 rings (SSSR count). The molecule has 2 aromatic rings. The number of anilines is 2. The molecule has 20 heavy (non-hydrogen) atoms. The van der Waals surface area contributed by atoms with E-state index in [0.29, 0.717) is 5.56 Å². The average Bonchev–Trinajstić information content (AvgIpc) is 2.85. The molecule has 1 aliphatic heterocycles. The monoisotopic (exact) mass is 270 g/mol. The fourth-order valence-electron chi connectivity index (χ4n) is 2.87. The summed E-state index contributed by atoms with van der Waals surface area (Å²) in [5, 5.41) is 0. The zero-order valence-corrected chi connectivity index (χ0v) is 11.9. The number of hydrogen-bond donors (Lipinski definition) is 1. The number of fused-ring (bicyclic) bond motifs is 1. The summed E-state index contributed by atoms with van der Waals surface area (Å²) < 4.78 is 13.8. The molecule has 0 saturated heterocycles. The molecule has 1 heterocycles. The number of para-hydroxylation sites is 1. The first-order valence-corrected chi connectivity index (χ1v) is 6.99. The second-order valence-electron chi connectivity index (χ2n) is 5.48. The van der Waals surface area contributed by atoms with Crippen LogP contribution in [0.5, 0.6) is 0 Å². The lowest BCUT2D eigenvalue weighted by molar-refractivity contribution is 0.613. The molecule has 2 aromatic carbocycles. The molecule has 2 nitrogen and oxygen atoms in total. The highest BCUT2D eigenvalue weighted by Gasteiger charge is 2.23. The fraction of sp³-hybridized carbons (Fsp3) is 0.294. The molecular weight excluding hydrogens is 251 g/mol. The maximum Gasteiger partial charge on any atom is 0.126 e. The summed E-state index contributed by atoms with van der Waals surface area (Å²) in [5.74, 6) is -0.187. The highest BCUT2D eigenvalue weighted by Crippen LogP contribution is 2.38. The van der Waals surface area contributed by atoms with Gasteiger partial charge in [-0.2, -0.15) is 0 Å². The van der Waals surface area contributed by atoms with Gasteiger partial charge in [-0.3, -0.25) is 0 Å². The minimum Gasteiger partial charge on any atom is -0.341 e. The Hall–Kier alpha value is -1.87. The summed E-state index contributed by atoms with van der Waals surface area (Å²) in [6.45, 7) is 4.62. The molecule has 0 radical (unpaired) electrons. The maximum atomic E-state index is 13.8. The molecule has 0 fully saturated rings. The third-order valence-corrected chi connectivity index (χ3v) is 3.98. The molecule has 0 amide bonds. The Balaban J connectivity index is 2.14. The largest absolute Gasteiger partial charge is 0.341 e. The van der Waals surface area contributed by atoms with E-state index in [1.54, 1.807) is 13.0 Å².